The predicted molar refractivity (Wildman–Crippen MR) is 81.4 cm³/mol. The summed E-state index contributed by atoms with van der Waals surface area (Å²) in [7, 11) is 1.62. The van der Waals surface area contributed by atoms with Crippen LogP contribution in [0.2, 0.25) is 0 Å². The zero-order chi connectivity index (χ0) is 15.1. The van der Waals surface area contributed by atoms with E-state index in [4.69, 9.17) is 4.74 Å². The lowest BCUT2D eigenvalue weighted by Gasteiger charge is -2.19. The van der Waals surface area contributed by atoms with Crippen molar-refractivity contribution in [1.82, 2.24) is 4.90 Å². The van der Waals surface area contributed by atoms with Crippen LogP contribution in [0.15, 0.2) is 28.7 Å². The van der Waals surface area contributed by atoms with E-state index < -0.39 is 0 Å². The fraction of sp³-hybridized carbons (Fsp3) is 0.467. The molecule has 5 heteroatoms. The molecule has 0 N–H and O–H groups in total. The number of nitrogens with zero attached hydrogens (tertiary/aromatic N) is 1. The second-order valence-electron chi connectivity index (χ2n) is 4.71. The van der Waals surface area contributed by atoms with Crippen LogP contribution >= 0.6 is 15.9 Å². The van der Waals surface area contributed by atoms with E-state index in [0.29, 0.717) is 13.0 Å². The van der Waals surface area contributed by atoms with E-state index in [1.165, 1.54) is 4.90 Å². The highest BCUT2D eigenvalue weighted by molar-refractivity contribution is 9.10. The molecule has 1 rings (SSSR count). The van der Waals surface area contributed by atoms with E-state index in [1.807, 2.05) is 31.2 Å². The Bertz CT molecular complexity index is 459. The molecule has 0 fully saturated rings. The van der Waals surface area contributed by atoms with Gasteiger partial charge < -0.3 is 9.64 Å². The molecular weight excluding hydrogens is 322 g/mol. The molecule has 0 aromatic heterocycles. The van der Waals surface area contributed by atoms with Crippen molar-refractivity contribution in [1.29, 1.82) is 0 Å². The molecule has 1 unspecified atom stereocenters. The minimum Gasteiger partial charge on any atom is -0.465 e. The number of hydrogen-bond acceptors (Lipinski definition) is 3. The number of likely N-dealkylation sites (N-methyl/N-ethyl adjacent to an activating group) is 1. The molecule has 0 spiro atoms. The fourth-order valence-electron chi connectivity index (χ4n) is 1.82. The zero-order valence-corrected chi connectivity index (χ0v) is 13.6. The molecule has 0 bridgehead atoms. The Morgan fingerprint density at radius 1 is 1.30 bits per heavy atom. The molecule has 4 nitrogen and oxygen atoms in total. The van der Waals surface area contributed by atoms with Gasteiger partial charge in [0.05, 0.1) is 6.61 Å². The zero-order valence-electron chi connectivity index (χ0n) is 12.1. The summed E-state index contributed by atoms with van der Waals surface area (Å²) in [6, 6.07) is 7.90. The lowest BCUT2D eigenvalue weighted by molar-refractivity contribution is -0.148. The Labute approximate surface area is 128 Å². The molecule has 1 atom stereocenters. The largest absolute Gasteiger partial charge is 0.465 e. The Morgan fingerprint density at radius 2 is 1.90 bits per heavy atom. The summed E-state index contributed by atoms with van der Waals surface area (Å²) in [5.74, 6) is -0.326. The molecule has 0 aliphatic heterocycles. The van der Waals surface area contributed by atoms with Crippen LogP contribution in [0.25, 0.3) is 0 Å². The smallest absolute Gasteiger partial charge is 0.325 e. The Balaban J connectivity index is 2.52. The highest BCUT2D eigenvalue weighted by Gasteiger charge is 2.17. The third-order valence-electron chi connectivity index (χ3n) is 3.02. The lowest BCUT2D eigenvalue weighted by Crippen LogP contribution is -2.33. The molecule has 0 aliphatic carbocycles. The minimum atomic E-state index is -0.375. The Hall–Kier alpha value is -1.36. The Kier molecular flexibility index (Phi) is 6.71. The van der Waals surface area contributed by atoms with Crippen LogP contribution in [0.1, 0.15) is 31.7 Å². The van der Waals surface area contributed by atoms with Crippen LogP contribution in [0.3, 0.4) is 0 Å². The first-order valence-corrected chi connectivity index (χ1v) is 7.38. The maximum absolute atomic E-state index is 12.0. The van der Waals surface area contributed by atoms with Crippen LogP contribution < -0.4 is 0 Å². The van der Waals surface area contributed by atoms with E-state index in [-0.39, 0.29) is 24.3 Å². The lowest BCUT2D eigenvalue weighted by atomic mass is 9.97. The van der Waals surface area contributed by atoms with E-state index in [1.54, 1.807) is 14.0 Å². The van der Waals surface area contributed by atoms with Gasteiger partial charge in [-0.1, -0.05) is 35.0 Å². The summed E-state index contributed by atoms with van der Waals surface area (Å²) in [6.07, 6.45) is 0.373. The number of ether oxygens (including phenoxy) is 1. The van der Waals surface area contributed by atoms with Gasteiger partial charge in [0.15, 0.2) is 0 Å². The molecule has 0 heterocycles. The molecule has 0 radical (unpaired) electrons. The van der Waals surface area contributed by atoms with Gasteiger partial charge in [0.1, 0.15) is 6.54 Å². The highest BCUT2D eigenvalue weighted by Crippen LogP contribution is 2.21. The van der Waals surface area contributed by atoms with E-state index >= 15 is 0 Å². The molecule has 0 saturated heterocycles. The summed E-state index contributed by atoms with van der Waals surface area (Å²) >= 11 is 3.38. The second-order valence-corrected chi connectivity index (χ2v) is 5.63. The maximum atomic E-state index is 12.0. The molecule has 0 aliphatic rings. The first kappa shape index (κ1) is 16.7. The van der Waals surface area contributed by atoms with Gasteiger partial charge in [-0.3, -0.25) is 9.59 Å². The topological polar surface area (TPSA) is 46.6 Å². The monoisotopic (exact) mass is 341 g/mol. The van der Waals surface area contributed by atoms with Gasteiger partial charge >= 0.3 is 5.97 Å². The predicted octanol–water partition coefficient (Wildman–Crippen LogP) is 2.96. The van der Waals surface area contributed by atoms with Crippen LogP contribution in [-0.2, 0) is 14.3 Å². The van der Waals surface area contributed by atoms with Gasteiger partial charge in [0, 0.05) is 17.9 Å². The van der Waals surface area contributed by atoms with Crippen LogP contribution in [0.5, 0.6) is 0 Å². The van der Waals surface area contributed by atoms with Crippen LogP contribution in [0, 0.1) is 0 Å². The standard InChI is InChI=1S/C15H20BrNO3/c1-4-20-15(19)10-17(3)14(18)9-11(2)12-5-7-13(16)8-6-12/h5-8,11H,4,9-10H2,1-3H3. The maximum Gasteiger partial charge on any atom is 0.325 e. The van der Waals surface area contributed by atoms with Gasteiger partial charge in [-0.2, -0.15) is 0 Å². The van der Waals surface area contributed by atoms with Crippen molar-refractivity contribution in [2.75, 3.05) is 20.2 Å². The molecule has 1 aromatic rings. The van der Waals surface area contributed by atoms with Gasteiger partial charge in [-0.15, -0.1) is 0 Å². The van der Waals surface area contributed by atoms with E-state index in [2.05, 4.69) is 15.9 Å². The molecule has 20 heavy (non-hydrogen) atoms. The summed E-state index contributed by atoms with van der Waals surface area (Å²) in [5.41, 5.74) is 1.10. The van der Waals surface area contributed by atoms with E-state index in [9.17, 15) is 9.59 Å². The third kappa shape index (κ3) is 5.33. The quantitative estimate of drug-likeness (QED) is 0.747. The second kappa shape index (κ2) is 8.04. The van der Waals surface area contributed by atoms with Crippen molar-refractivity contribution in [2.45, 2.75) is 26.2 Å². The fourth-order valence-corrected chi connectivity index (χ4v) is 2.08. The molecule has 0 saturated carbocycles. The molecule has 1 aromatic carbocycles. The number of halogens is 1. The average Bonchev–Trinajstić information content (AvgIpc) is 2.39. The normalized spacial score (nSPS) is 11.8. The van der Waals surface area contributed by atoms with Crippen molar-refractivity contribution in [2.24, 2.45) is 0 Å². The summed E-state index contributed by atoms with van der Waals surface area (Å²) in [4.78, 5) is 24.8. The van der Waals surface area contributed by atoms with Crippen LogP contribution in [-0.4, -0.2) is 37.0 Å². The van der Waals surface area contributed by atoms with Gasteiger partial charge in [0.25, 0.3) is 0 Å². The highest BCUT2D eigenvalue weighted by atomic mass is 79.9. The molecule has 110 valence electrons. The third-order valence-corrected chi connectivity index (χ3v) is 3.55. The molecular formula is C15H20BrNO3. The van der Waals surface area contributed by atoms with Crippen molar-refractivity contribution in [3.8, 4) is 0 Å². The number of carbonyl (C=O) groups excluding carboxylic acids is 2. The SMILES string of the molecule is CCOC(=O)CN(C)C(=O)CC(C)c1ccc(Br)cc1. The number of hydrogen-bond donors (Lipinski definition) is 0. The summed E-state index contributed by atoms with van der Waals surface area (Å²) < 4.78 is 5.84. The number of carbonyl (C=O) groups is 2. The number of amides is 1. The van der Waals surface area contributed by atoms with Crippen molar-refractivity contribution in [3.63, 3.8) is 0 Å². The van der Waals surface area contributed by atoms with Crippen LogP contribution in [0.4, 0.5) is 0 Å². The molecule has 1 amide bonds. The average molecular weight is 342 g/mol. The summed E-state index contributed by atoms with van der Waals surface area (Å²) in [6.45, 7) is 4.07. The van der Waals surface area contributed by atoms with Crippen molar-refractivity contribution < 1.29 is 14.3 Å². The Morgan fingerprint density at radius 3 is 2.45 bits per heavy atom. The van der Waals surface area contributed by atoms with Gasteiger partial charge in [-0.25, -0.2) is 0 Å². The van der Waals surface area contributed by atoms with Crippen molar-refractivity contribution >= 4 is 27.8 Å². The number of rotatable bonds is 6. The van der Waals surface area contributed by atoms with Gasteiger partial charge in [0.2, 0.25) is 5.91 Å². The van der Waals surface area contributed by atoms with Gasteiger partial charge in [-0.05, 0) is 30.5 Å². The summed E-state index contributed by atoms with van der Waals surface area (Å²) in [5, 5.41) is 0. The first-order chi connectivity index (χ1) is 9.43. The number of benzene rings is 1. The number of esters is 1. The van der Waals surface area contributed by atoms with E-state index in [0.717, 1.165) is 10.0 Å². The minimum absolute atomic E-state index is 0.000267. The van der Waals surface area contributed by atoms with Crippen molar-refractivity contribution in [3.05, 3.63) is 34.3 Å². The first-order valence-electron chi connectivity index (χ1n) is 6.59.